The van der Waals surface area contributed by atoms with Gasteiger partial charge in [0.05, 0.1) is 24.2 Å². The molecule has 2 rings (SSSR count). The predicted octanol–water partition coefficient (Wildman–Crippen LogP) is 0.764. The predicted molar refractivity (Wildman–Crippen MR) is 77.4 cm³/mol. The Morgan fingerprint density at radius 2 is 2.30 bits per heavy atom. The number of amides is 1. The van der Waals surface area contributed by atoms with Crippen LogP contribution in [0.4, 0.5) is 0 Å². The largest absolute Gasteiger partial charge is 0.394 e. The molecule has 0 bridgehead atoms. The van der Waals surface area contributed by atoms with Crippen LogP contribution in [0, 0.1) is 5.41 Å². The summed E-state index contributed by atoms with van der Waals surface area (Å²) < 4.78 is 5.64. The minimum Gasteiger partial charge on any atom is -0.394 e. The Balaban J connectivity index is 2.10. The van der Waals surface area contributed by atoms with Gasteiger partial charge < -0.3 is 20.1 Å². The van der Waals surface area contributed by atoms with Gasteiger partial charge in [-0.25, -0.2) is 0 Å². The van der Waals surface area contributed by atoms with E-state index in [2.05, 4.69) is 12.2 Å². The molecule has 5 heteroatoms. The van der Waals surface area contributed by atoms with E-state index in [1.165, 1.54) is 0 Å². The molecule has 3 unspecified atom stereocenters. The van der Waals surface area contributed by atoms with E-state index < -0.39 is 0 Å². The molecule has 0 spiro atoms. The van der Waals surface area contributed by atoms with Crippen LogP contribution in [-0.4, -0.2) is 60.9 Å². The fourth-order valence-corrected chi connectivity index (χ4v) is 3.60. The molecule has 0 aromatic heterocycles. The number of ether oxygens (including phenoxy) is 1. The zero-order valence-electron chi connectivity index (χ0n) is 12.7. The van der Waals surface area contributed by atoms with Gasteiger partial charge in [0.2, 0.25) is 5.91 Å². The maximum absolute atomic E-state index is 13.0. The Morgan fingerprint density at radius 3 is 2.90 bits per heavy atom. The number of carbonyl (C=O) groups excluding carboxylic acids is 1. The van der Waals surface area contributed by atoms with Crippen molar-refractivity contribution in [3.63, 3.8) is 0 Å². The lowest BCUT2D eigenvalue weighted by Crippen LogP contribution is -2.57. The average molecular weight is 284 g/mol. The summed E-state index contributed by atoms with van der Waals surface area (Å²) in [4.78, 5) is 14.9. The molecular weight excluding hydrogens is 256 g/mol. The molecule has 0 aliphatic carbocycles. The zero-order valence-corrected chi connectivity index (χ0v) is 12.7. The summed E-state index contributed by atoms with van der Waals surface area (Å²) in [5.74, 6) is 0.250. The van der Waals surface area contributed by atoms with Crippen molar-refractivity contribution in [1.82, 2.24) is 10.2 Å². The van der Waals surface area contributed by atoms with Crippen LogP contribution in [0.1, 0.15) is 39.5 Å². The monoisotopic (exact) mass is 284 g/mol. The lowest BCUT2D eigenvalue weighted by Gasteiger charge is -2.44. The molecule has 0 saturated carbocycles. The van der Waals surface area contributed by atoms with Crippen molar-refractivity contribution in [3.05, 3.63) is 0 Å². The molecule has 116 valence electrons. The van der Waals surface area contributed by atoms with E-state index in [1.807, 2.05) is 11.8 Å². The van der Waals surface area contributed by atoms with Gasteiger partial charge in [0.1, 0.15) is 0 Å². The van der Waals surface area contributed by atoms with E-state index in [0.717, 1.165) is 38.8 Å². The second-order valence-corrected chi connectivity index (χ2v) is 6.27. The van der Waals surface area contributed by atoms with Gasteiger partial charge in [0, 0.05) is 19.6 Å². The van der Waals surface area contributed by atoms with E-state index in [9.17, 15) is 9.90 Å². The number of hydrogen-bond donors (Lipinski definition) is 2. The van der Waals surface area contributed by atoms with Crippen LogP contribution < -0.4 is 5.32 Å². The van der Waals surface area contributed by atoms with Crippen LogP contribution in [0.15, 0.2) is 0 Å². The molecule has 5 nitrogen and oxygen atoms in total. The topological polar surface area (TPSA) is 61.8 Å². The van der Waals surface area contributed by atoms with Crippen LogP contribution in [0.25, 0.3) is 0 Å². The quantitative estimate of drug-likeness (QED) is 0.800. The minimum atomic E-state index is -0.246. The normalized spacial score (nSPS) is 35.0. The van der Waals surface area contributed by atoms with Gasteiger partial charge >= 0.3 is 0 Å². The van der Waals surface area contributed by atoms with Gasteiger partial charge in [-0.05, 0) is 32.7 Å². The van der Waals surface area contributed by atoms with Crippen molar-refractivity contribution >= 4 is 5.91 Å². The molecule has 0 radical (unpaired) electrons. The number of morpholine rings is 1. The number of rotatable bonds is 4. The summed E-state index contributed by atoms with van der Waals surface area (Å²) in [7, 11) is 0. The third-order valence-corrected chi connectivity index (χ3v) is 4.47. The Bertz CT molecular complexity index is 324. The Hall–Kier alpha value is -0.650. The first kappa shape index (κ1) is 15.7. The molecule has 1 amide bonds. The SMILES string of the molecule is CCCC1(C(=O)N2CC(C)OC(CO)C2)CCCNC1. The maximum Gasteiger partial charge on any atom is 0.230 e. The highest BCUT2D eigenvalue weighted by Gasteiger charge is 2.43. The number of piperidine rings is 1. The summed E-state index contributed by atoms with van der Waals surface area (Å²) in [5.41, 5.74) is -0.246. The Kier molecular flexibility index (Phi) is 5.41. The third-order valence-electron chi connectivity index (χ3n) is 4.47. The van der Waals surface area contributed by atoms with Crippen LogP contribution in [0.3, 0.4) is 0 Å². The van der Waals surface area contributed by atoms with E-state index >= 15 is 0 Å². The summed E-state index contributed by atoms with van der Waals surface area (Å²) >= 11 is 0. The van der Waals surface area contributed by atoms with Gasteiger partial charge in [-0.15, -0.1) is 0 Å². The van der Waals surface area contributed by atoms with E-state index in [1.54, 1.807) is 0 Å². The first-order chi connectivity index (χ1) is 9.61. The summed E-state index contributed by atoms with van der Waals surface area (Å²) in [6.07, 6.45) is 3.76. The van der Waals surface area contributed by atoms with Crippen LogP contribution in [0.2, 0.25) is 0 Å². The van der Waals surface area contributed by atoms with Crippen LogP contribution in [0.5, 0.6) is 0 Å². The van der Waals surface area contributed by atoms with E-state index in [-0.39, 0.29) is 30.1 Å². The standard InChI is InChI=1S/C15H28N2O3/c1-3-5-15(6-4-7-16-11-15)14(19)17-8-12(2)20-13(9-17)10-18/h12-13,16,18H,3-11H2,1-2H3. The van der Waals surface area contributed by atoms with Crippen molar-refractivity contribution in [2.24, 2.45) is 5.41 Å². The van der Waals surface area contributed by atoms with Crippen molar-refractivity contribution < 1.29 is 14.6 Å². The third kappa shape index (κ3) is 3.32. The zero-order chi connectivity index (χ0) is 14.6. The fourth-order valence-electron chi connectivity index (χ4n) is 3.60. The van der Waals surface area contributed by atoms with Gasteiger partial charge in [-0.1, -0.05) is 13.3 Å². The van der Waals surface area contributed by atoms with Crippen molar-refractivity contribution in [2.45, 2.75) is 51.7 Å². The molecular formula is C15H28N2O3. The highest BCUT2D eigenvalue weighted by atomic mass is 16.5. The first-order valence-electron chi connectivity index (χ1n) is 7.87. The number of nitrogens with one attached hydrogen (secondary N) is 1. The smallest absolute Gasteiger partial charge is 0.230 e. The van der Waals surface area contributed by atoms with Gasteiger partial charge in [-0.2, -0.15) is 0 Å². The summed E-state index contributed by atoms with van der Waals surface area (Å²) in [6.45, 7) is 7.04. The molecule has 2 heterocycles. The van der Waals surface area contributed by atoms with Crippen LogP contribution >= 0.6 is 0 Å². The lowest BCUT2D eigenvalue weighted by molar-refractivity contribution is -0.158. The molecule has 2 fully saturated rings. The lowest BCUT2D eigenvalue weighted by atomic mass is 9.75. The number of hydrogen-bond acceptors (Lipinski definition) is 4. The Morgan fingerprint density at radius 1 is 1.50 bits per heavy atom. The van der Waals surface area contributed by atoms with Crippen LogP contribution in [-0.2, 0) is 9.53 Å². The maximum atomic E-state index is 13.0. The summed E-state index contributed by atoms with van der Waals surface area (Å²) in [6, 6.07) is 0. The number of aliphatic hydroxyl groups is 1. The molecule has 3 atom stereocenters. The van der Waals surface area contributed by atoms with E-state index in [4.69, 9.17) is 4.74 Å². The average Bonchev–Trinajstić information content (AvgIpc) is 2.47. The molecule has 0 aromatic carbocycles. The van der Waals surface area contributed by atoms with Gasteiger partial charge in [0.25, 0.3) is 0 Å². The summed E-state index contributed by atoms with van der Waals surface area (Å²) in [5, 5.41) is 12.7. The number of aliphatic hydroxyl groups excluding tert-OH is 1. The second-order valence-electron chi connectivity index (χ2n) is 6.27. The molecule has 2 aliphatic rings. The second kappa shape index (κ2) is 6.87. The van der Waals surface area contributed by atoms with Crippen molar-refractivity contribution in [1.29, 1.82) is 0 Å². The minimum absolute atomic E-state index is 0.0000706. The number of nitrogens with zero attached hydrogens (tertiary/aromatic N) is 1. The highest BCUT2D eigenvalue weighted by Crippen LogP contribution is 2.34. The highest BCUT2D eigenvalue weighted by molar-refractivity contribution is 5.83. The molecule has 2 aliphatic heterocycles. The van der Waals surface area contributed by atoms with Crippen molar-refractivity contribution in [2.75, 3.05) is 32.8 Å². The molecule has 0 aromatic rings. The van der Waals surface area contributed by atoms with Gasteiger partial charge in [0.15, 0.2) is 0 Å². The molecule has 20 heavy (non-hydrogen) atoms. The molecule has 2 saturated heterocycles. The molecule has 2 N–H and O–H groups in total. The fraction of sp³-hybridized carbons (Fsp3) is 0.933. The Labute approximate surface area is 121 Å². The van der Waals surface area contributed by atoms with E-state index in [0.29, 0.717) is 13.1 Å². The van der Waals surface area contributed by atoms with Crippen molar-refractivity contribution in [3.8, 4) is 0 Å². The first-order valence-corrected chi connectivity index (χ1v) is 7.87. The number of carbonyl (C=O) groups is 1. The van der Waals surface area contributed by atoms with Gasteiger partial charge in [-0.3, -0.25) is 4.79 Å².